The second kappa shape index (κ2) is 11.9. The number of hydrogen-bond acceptors (Lipinski definition) is 6. The number of carbonyl (C=O) groups excluding carboxylic acids is 3. The van der Waals surface area contributed by atoms with Crippen LogP contribution in [-0.4, -0.2) is 35.9 Å². The van der Waals surface area contributed by atoms with E-state index in [1.54, 1.807) is 43.0 Å². The van der Waals surface area contributed by atoms with Gasteiger partial charge in [-0.3, -0.25) is 14.5 Å². The smallest absolute Gasteiger partial charge is 0.350 e. The van der Waals surface area contributed by atoms with Gasteiger partial charge in [-0.2, -0.15) is 0 Å². The first-order valence-corrected chi connectivity index (χ1v) is 11.6. The van der Waals surface area contributed by atoms with Crippen LogP contribution in [0.25, 0.3) is 0 Å². The van der Waals surface area contributed by atoms with E-state index in [-0.39, 0.29) is 24.8 Å². The average Bonchev–Trinajstić information content (AvgIpc) is 3.22. The minimum Gasteiger partial charge on any atom is -0.462 e. The lowest BCUT2D eigenvalue weighted by Gasteiger charge is -2.20. The van der Waals surface area contributed by atoms with E-state index in [9.17, 15) is 14.4 Å². The highest BCUT2D eigenvalue weighted by Crippen LogP contribution is 2.29. The molecule has 2 aromatic carbocycles. The lowest BCUT2D eigenvalue weighted by molar-refractivity contribution is -0.118. The van der Waals surface area contributed by atoms with E-state index >= 15 is 0 Å². The molecule has 0 aliphatic heterocycles. The summed E-state index contributed by atoms with van der Waals surface area (Å²) in [6.45, 7) is 4.47. The zero-order valence-corrected chi connectivity index (χ0v) is 19.6. The quantitative estimate of drug-likeness (QED) is 0.355. The second-order valence-electron chi connectivity index (χ2n) is 7.32. The van der Waals surface area contributed by atoms with Crippen molar-refractivity contribution in [3.8, 4) is 0 Å². The van der Waals surface area contributed by atoms with Gasteiger partial charge in [0.1, 0.15) is 4.88 Å². The maximum Gasteiger partial charge on any atom is 0.350 e. The number of aromatic nitrogens is 1. The van der Waals surface area contributed by atoms with E-state index in [0.717, 1.165) is 16.9 Å². The lowest BCUT2D eigenvalue weighted by Crippen LogP contribution is -2.31. The number of aryl methyl sites for hydroxylation is 1. The van der Waals surface area contributed by atoms with Crippen LogP contribution in [-0.2, 0) is 16.1 Å². The Hall–Kier alpha value is -3.52. The maximum atomic E-state index is 13.1. The van der Waals surface area contributed by atoms with Gasteiger partial charge in [0.25, 0.3) is 5.91 Å². The number of esters is 1. The summed E-state index contributed by atoms with van der Waals surface area (Å²) in [5, 5.41) is 3.30. The molecule has 0 radical (unpaired) electrons. The summed E-state index contributed by atoms with van der Waals surface area (Å²) in [5.41, 5.74) is 2.07. The van der Waals surface area contributed by atoms with Crippen molar-refractivity contribution in [1.29, 1.82) is 0 Å². The van der Waals surface area contributed by atoms with Crippen LogP contribution in [0, 0.1) is 6.92 Å². The Labute approximate surface area is 197 Å². The van der Waals surface area contributed by atoms with Gasteiger partial charge in [-0.15, -0.1) is 0 Å². The van der Waals surface area contributed by atoms with Crippen LogP contribution in [0.1, 0.15) is 51.1 Å². The van der Waals surface area contributed by atoms with Gasteiger partial charge in [-0.05, 0) is 38.0 Å². The molecule has 3 rings (SSSR count). The first kappa shape index (κ1) is 24.1. The van der Waals surface area contributed by atoms with Gasteiger partial charge in [-0.25, -0.2) is 9.78 Å². The molecule has 0 spiro atoms. The fourth-order valence-corrected chi connectivity index (χ4v) is 4.16. The molecule has 172 valence electrons. The van der Waals surface area contributed by atoms with E-state index in [2.05, 4.69) is 10.3 Å². The lowest BCUT2D eigenvalue weighted by atomic mass is 10.2. The number of anilines is 1. The Morgan fingerprint density at radius 1 is 1.03 bits per heavy atom. The number of benzene rings is 2. The third-order valence-corrected chi connectivity index (χ3v) is 6.01. The largest absolute Gasteiger partial charge is 0.462 e. The monoisotopic (exact) mass is 465 g/mol. The molecule has 8 heteroatoms. The van der Waals surface area contributed by atoms with Crippen molar-refractivity contribution in [1.82, 2.24) is 10.3 Å². The fourth-order valence-electron chi connectivity index (χ4n) is 3.18. The molecule has 0 aliphatic rings. The van der Waals surface area contributed by atoms with Crippen molar-refractivity contribution in [3.05, 3.63) is 82.4 Å². The van der Waals surface area contributed by atoms with E-state index < -0.39 is 5.97 Å². The highest BCUT2D eigenvalue weighted by Gasteiger charge is 2.24. The van der Waals surface area contributed by atoms with Crippen LogP contribution in [0.15, 0.2) is 60.7 Å². The molecular weight excluding hydrogens is 438 g/mol. The molecule has 1 aromatic heterocycles. The summed E-state index contributed by atoms with van der Waals surface area (Å²) in [6, 6.07) is 18.6. The van der Waals surface area contributed by atoms with Crippen molar-refractivity contribution in [3.63, 3.8) is 0 Å². The standard InChI is InChI=1S/C25H27N3O4S/c1-3-32-24(31)22-18(2)27-25(33-22)28(17-19-11-6-4-7-12-19)21(29)15-10-16-26-23(30)20-13-8-5-9-14-20/h4-9,11-14H,3,10,15-17H2,1-2H3,(H,26,30). The number of amides is 2. The first-order chi connectivity index (χ1) is 16.0. The van der Waals surface area contributed by atoms with Crippen LogP contribution in [0.4, 0.5) is 5.13 Å². The number of rotatable bonds is 10. The number of hydrogen-bond donors (Lipinski definition) is 1. The van der Waals surface area contributed by atoms with Gasteiger partial charge >= 0.3 is 5.97 Å². The van der Waals surface area contributed by atoms with Crippen LogP contribution in [0.3, 0.4) is 0 Å². The molecule has 0 fully saturated rings. The third-order valence-electron chi connectivity index (χ3n) is 4.85. The summed E-state index contributed by atoms with van der Waals surface area (Å²) in [6.07, 6.45) is 0.715. The average molecular weight is 466 g/mol. The second-order valence-corrected chi connectivity index (χ2v) is 8.30. The van der Waals surface area contributed by atoms with Crippen molar-refractivity contribution in [2.75, 3.05) is 18.1 Å². The van der Waals surface area contributed by atoms with Crippen molar-refractivity contribution in [2.45, 2.75) is 33.2 Å². The van der Waals surface area contributed by atoms with E-state index in [0.29, 0.717) is 40.8 Å². The summed E-state index contributed by atoms with van der Waals surface area (Å²) in [5.74, 6) is -0.731. The van der Waals surface area contributed by atoms with E-state index in [1.807, 2.05) is 36.4 Å². The van der Waals surface area contributed by atoms with Gasteiger partial charge in [0, 0.05) is 18.5 Å². The number of carbonyl (C=O) groups is 3. The maximum absolute atomic E-state index is 13.1. The summed E-state index contributed by atoms with van der Waals surface area (Å²) < 4.78 is 5.11. The van der Waals surface area contributed by atoms with Crippen LogP contribution in [0.5, 0.6) is 0 Å². The molecule has 0 atom stereocenters. The minimum atomic E-state index is -0.436. The Kier molecular flexibility index (Phi) is 8.71. The van der Waals surface area contributed by atoms with Crippen molar-refractivity contribution < 1.29 is 19.1 Å². The summed E-state index contributed by atoms with van der Waals surface area (Å²) in [7, 11) is 0. The molecule has 7 nitrogen and oxygen atoms in total. The van der Waals surface area contributed by atoms with Gasteiger partial charge in [-0.1, -0.05) is 59.9 Å². The molecule has 0 unspecified atom stereocenters. The van der Waals surface area contributed by atoms with Crippen molar-refractivity contribution >= 4 is 34.3 Å². The van der Waals surface area contributed by atoms with Crippen molar-refractivity contribution in [2.24, 2.45) is 0 Å². The molecule has 3 aromatic rings. The zero-order chi connectivity index (χ0) is 23.6. The van der Waals surface area contributed by atoms with E-state index in [4.69, 9.17) is 4.74 Å². The predicted molar refractivity (Wildman–Crippen MR) is 128 cm³/mol. The van der Waals surface area contributed by atoms with Gasteiger partial charge < -0.3 is 10.1 Å². The Bertz CT molecular complexity index is 1080. The molecule has 0 aliphatic carbocycles. The Morgan fingerprint density at radius 3 is 2.36 bits per heavy atom. The fraction of sp³-hybridized carbons (Fsp3) is 0.280. The SMILES string of the molecule is CCOC(=O)c1sc(N(Cc2ccccc2)C(=O)CCCNC(=O)c2ccccc2)nc1C. The predicted octanol–water partition coefficient (Wildman–Crippen LogP) is 4.37. The van der Waals surface area contributed by atoms with E-state index in [1.165, 1.54) is 0 Å². The molecule has 2 amide bonds. The van der Waals surface area contributed by atoms with Crippen LogP contribution < -0.4 is 10.2 Å². The highest BCUT2D eigenvalue weighted by molar-refractivity contribution is 7.17. The number of nitrogens with one attached hydrogen (secondary N) is 1. The minimum absolute atomic E-state index is 0.128. The summed E-state index contributed by atoms with van der Waals surface area (Å²) in [4.78, 5) is 44.0. The van der Waals surface area contributed by atoms with Gasteiger partial charge in [0.05, 0.1) is 18.8 Å². The van der Waals surface area contributed by atoms with Gasteiger partial charge in [0.15, 0.2) is 5.13 Å². The molecular formula is C25H27N3O4S. The molecule has 0 saturated heterocycles. The molecule has 0 bridgehead atoms. The zero-order valence-electron chi connectivity index (χ0n) is 18.7. The Morgan fingerprint density at radius 2 is 1.70 bits per heavy atom. The third kappa shape index (κ3) is 6.73. The first-order valence-electron chi connectivity index (χ1n) is 10.8. The van der Waals surface area contributed by atoms with Crippen LogP contribution >= 0.6 is 11.3 Å². The highest BCUT2D eigenvalue weighted by atomic mass is 32.1. The molecule has 0 saturated carbocycles. The molecule has 1 N–H and O–H groups in total. The number of thiazole rings is 1. The van der Waals surface area contributed by atoms with Crippen LogP contribution in [0.2, 0.25) is 0 Å². The topological polar surface area (TPSA) is 88.6 Å². The summed E-state index contributed by atoms with van der Waals surface area (Å²) >= 11 is 1.15. The normalized spacial score (nSPS) is 10.5. The molecule has 1 heterocycles. The number of nitrogens with zero attached hydrogens (tertiary/aromatic N) is 2. The molecule has 33 heavy (non-hydrogen) atoms. The number of ether oxygens (including phenoxy) is 1. The Balaban J connectivity index is 1.67. The van der Waals surface area contributed by atoms with Gasteiger partial charge in [0.2, 0.25) is 5.91 Å².